The molecule has 1 aromatic heterocycles. The van der Waals surface area contributed by atoms with Gasteiger partial charge in [-0.3, -0.25) is 4.79 Å². The van der Waals surface area contributed by atoms with Gasteiger partial charge in [-0.2, -0.15) is 0 Å². The molecule has 1 fully saturated rings. The molecular formula is C8H9BrN2OS. The van der Waals surface area contributed by atoms with Gasteiger partial charge in [-0.15, -0.1) is 11.3 Å². The van der Waals surface area contributed by atoms with Crippen molar-refractivity contribution in [1.29, 1.82) is 0 Å². The third-order valence-corrected chi connectivity index (χ3v) is 3.71. The molecule has 1 aliphatic rings. The van der Waals surface area contributed by atoms with Crippen LogP contribution in [0.3, 0.4) is 0 Å². The van der Waals surface area contributed by atoms with Gasteiger partial charge < -0.3 is 10.6 Å². The molecule has 1 atom stereocenters. The average molecular weight is 261 g/mol. The smallest absolute Gasteiger partial charge is 0.234 e. The number of carbonyl (C=O) groups is 1. The highest BCUT2D eigenvalue weighted by atomic mass is 79.9. The predicted molar refractivity (Wildman–Crippen MR) is 55.8 cm³/mol. The number of rotatable bonds is 1. The van der Waals surface area contributed by atoms with Crippen LogP contribution in [0, 0.1) is 0 Å². The zero-order chi connectivity index (χ0) is 9.26. The Kier molecular flexibility index (Phi) is 2.66. The molecule has 2 heterocycles. The van der Waals surface area contributed by atoms with Crippen molar-refractivity contribution in [2.45, 2.75) is 6.04 Å². The molecule has 1 saturated heterocycles. The average Bonchev–Trinajstić information content (AvgIpc) is 2.52. The van der Waals surface area contributed by atoms with E-state index in [-0.39, 0.29) is 11.9 Å². The summed E-state index contributed by atoms with van der Waals surface area (Å²) in [4.78, 5) is 12.3. The van der Waals surface area contributed by atoms with Crippen LogP contribution in [0.5, 0.6) is 0 Å². The highest BCUT2D eigenvalue weighted by molar-refractivity contribution is 9.10. The summed E-state index contributed by atoms with van der Waals surface area (Å²) in [5.41, 5.74) is 0. The third-order valence-electron chi connectivity index (χ3n) is 1.90. The molecule has 1 amide bonds. The van der Waals surface area contributed by atoms with Crippen LogP contribution in [0.2, 0.25) is 0 Å². The van der Waals surface area contributed by atoms with Crippen LogP contribution in [0.1, 0.15) is 10.9 Å². The minimum absolute atomic E-state index is 0.0702. The molecule has 0 aromatic carbocycles. The first-order valence-corrected chi connectivity index (χ1v) is 5.67. The second-order valence-corrected chi connectivity index (χ2v) is 4.78. The lowest BCUT2D eigenvalue weighted by atomic mass is 10.2. The Bertz CT molecular complexity index is 326. The Balaban J connectivity index is 2.12. The van der Waals surface area contributed by atoms with Crippen LogP contribution < -0.4 is 10.6 Å². The molecule has 1 unspecified atom stereocenters. The number of hydrogen-bond acceptors (Lipinski definition) is 3. The fraction of sp³-hybridized carbons (Fsp3) is 0.375. The van der Waals surface area contributed by atoms with Crippen molar-refractivity contribution in [2.75, 3.05) is 13.1 Å². The lowest BCUT2D eigenvalue weighted by Crippen LogP contribution is -2.46. The van der Waals surface area contributed by atoms with Crippen molar-refractivity contribution in [3.05, 3.63) is 20.8 Å². The third kappa shape index (κ3) is 2.10. The van der Waals surface area contributed by atoms with Crippen molar-refractivity contribution in [3.63, 3.8) is 0 Å². The maximum absolute atomic E-state index is 11.1. The van der Waals surface area contributed by atoms with E-state index in [1.54, 1.807) is 11.3 Å². The van der Waals surface area contributed by atoms with Crippen molar-refractivity contribution in [1.82, 2.24) is 10.6 Å². The van der Waals surface area contributed by atoms with Crippen LogP contribution in [-0.2, 0) is 4.79 Å². The lowest BCUT2D eigenvalue weighted by molar-refractivity contribution is -0.122. The first kappa shape index (κ1) is 9.18. The molecule has 5 heteroatoms. The summed E-state index contributed by atoms with van der Waals surface area (Å²) in [6.07, 6.45) is 0. The van der Waals surface area contributed by atoms with E-state index in [1.807, 2.05) is 11.4 Å². The summed E-state index contributed by atoms with van der Waals surface area (Å²) < 4.78 is 1.08. The number of hydrogen-bond donors (Lipinski definition) is 2. The number of carbonyl (C=O) groups excluding carboxylic acids is 1. The zero-order valence-electron chi connectivity index (χ0n) is 6.84. The van der Waals surface area contributed by atoms with Gasteiger partial charge in [0, 0.05) is 21.3 Å². The Labute approximate surface area is 88.7 Å². The van der Waals surface area contributed by atoms with Gasteiger partial charge in [0.25, 0.3) is 0 Å². The quantitative estimate of drug-likeness (QED) is 0.799. The number of amides is 1. The van der Waals surface area contributed by atoms with Gasteiger partial charge in [0.15, 0.2) is 0 Å². The largest absolute Gasteiger partial charge is 0.346 e. The number of nitrogens with one attached hydrogen (secondary N) is 2. The summed E-state index contributed by atoms with van der Waals surface area (Å²) in [5.74, 6) is 0.0702. The SMILES string of the molecule is O=C1CNCC(c2cc(Br)cs2)N1. The highest BCUT2D eigenvalue weighted by Gasteiger charge is 2.20. The van der Waals surface area contributed by atoms with E-state index in [9.17, 15) is 4.79 Å². The van der Waals surface area contributed by atoms with E-state index in [0.29, 0.717) is 6.54 Å². The molecule has 0 aliphatic carbocycles. The fourth-order valence-electron chi connectivity index (χ4n) is 1.31. The summed E-state index contributed by atoms with van der Waals surface area (Å²) in [6.45, 7) is 1.25. The van der Waals surface area contributed by atoms with E-state index < -0.39 is 0 Å². The Morgan fingerprint density at radius 2 is 2.46 bits per heavy atom. The van der Waals surface area contributed by atoms with Crippen molar-refractivity contribution >= 4 is 33.2 Å². The Morgan fingerprint density at radius 1 is 1.62 bits per heavy atom. The summed E-state index contributed by atoms with van der Waals surface area (Å²) in [6, 6.07) is 2.18. The molecular weight excluding hydrogens is 252 g/mol. The van der Waals surface area contributed by atoms with E-state index in [0.717, 1.165) is 11.0 Å². The predicted octanol–water partition coefficient (Wildman–Crippen LogP) is 1.27. The molecule has 2 N–H and O–H groups in total. The maximum atomic E-state index is 11.1. The first-order chi connectivity index (χ1) is 6.25. The van der Waals surface area contributed by atoms with Crippen molar-refractivity contribution in [2.24, 2.45) is 0 Å². The summed E-state index contributed by atoms with van der Waals surface area (Å²) >= 11 is 5.05. The molecule has 3 nitrogen and oxygen atoms in total. The molecule has 0 spiro atoms. The molecule has 0 radical (unpaired) electrons. The van der Waals surface area contributed by atoms with Gasteiger partial charge in [-0.1, -0.05) is 0 Å². The second kappa shape index (κ2) is 3.77. The molecule has 0 saturated carbocycles. The van der Waals surface area contributed by atoms with Gasteiger partial charge >= 0.3 is 0 Å². The van der Waals surface area contributed by atoms with E-state index >= 15 is 0 Å². The maximum Gasteiger partial charge on any atom is 0.234 e. The summed E-state index contributed by atoms with van der Waals surface area (Å²) in [5, 5.41) is 8.03. The Morgan fingerprint density at radius 3 is 3.08 bits per heavy atom. The van der Waals surface area contributed by atoms with E-state index in [4.69, 9.17) is 0 Å². The number of halogens is 1. The zero-order valence-corrected chi connectivity index (χ0v) is 9.24. The van der Waals surface area contributed by atoms with Crippen molar-refractivity contribution in [3.8, 4) is 0 Å². The van der Waals surface area contributed by atoms with Gasteiger partial charge in [-0.05, 0) is 22.0 Å². The summed E-state index contributed by atoms with van der Waals surface area (Å²) in [7, 11) is 0. The van der Waals surface area contributed by atoms with Crippen LogP contribution in [0.25, 0.3) is 0 Å². The van der Waals surface area contributed by atoms with Crippen molar-refractivity contribution < 1.29 is 4.79 Å². The Hall–Kier alpha value is -0.390. The van der Waals surface area contributed by atoms with E-state index in [2.05, 4.69) is 26.6 Å². The van der Waals surface area contributed by atoms with Crippen LogP contribution in [-0.4, -0.2) is 19.0 Å². The highest BCUT2D eigenvalue weighted by Crippen LogP contribution is 2.25. The monoisotopic (exact) mass is 260 g/mol. The normalized spacial score (nSPS) is 22.8. The van der Waals surface area contributed by atoms with Crippen LogP contribution in [0.4, 0.5) is 0 Å². The molecule has 1 aromatic rings. The number of piperazine rings is 1. The molecule has 70 valence electrons. The lowest BCUT2D eigenvalue weighted by Gasteiger charge is -2.22. The standard InChI is InChI=1S/C8H9BrN2OS/c9-5-1-7(13-4-5)6-2-10-3-8(12)11-6/h1,4,6,10H,2-3H2,(H,11,12). The van der Waals surface area contributed by atoms with E-state index in [1.165, 1.54) is 4.88 Å². The van der Waals surface area contributed by atoms with Gasteiger partial charge in [0.1, 0.15) is 0 Å². The minimum Gasteiger partial charge on any atom is -0.346 e. The van der Waals surface area contributed by atoms with Crippen LogP contribution >= 0.6 is 27.3 Å². The fourth-order valence-corrected chi connectivity index (χ4v) is 2.81. The minimum atomic E-state index is 0.0702. The molecule has 2 rings (SSSR count). The molecule has 1 aliphatic heterocycles. The second-order valence-electron chi connectivity index (χ2n) is 2.92. The van der Waals surface area contributed by atoms with Gasteiger partial charge in [-0.25, -0.2) is 0 Å². The molecule has 13 heavy (non-hydrogen) atoms. The van der Waals surface area contributed by atoms with Gasteiger partial charge in [0.2, 0.25) is 5.91 Å². The van der Waals surface area contributed by atoms with Crippen LogP contribution in [0.15, 0.2) is 15.9 Å². The number of thiophene rings is 1. The topological polar surface area (TPSA) is 41.1 Å². The molecule has 0 bridgehead atoms. The van der Waals surface area contributed by atoms with Gasteiger partial charge in [0.05, 0.1) is 12.6 Å². The first-order valence-electron chi connectivity index (χ1n) is 4.00.